The summed E-state index contributed by atoms with van der Waals surface area (Å²) in [5, 5.41) is 18.0. The lowest BCUT2D eigenvalue weighted by molar-refractivity contribution is -0.122. The number of fused-ring (bicyclic) bond motifs is 2. The fraction of sp³-hybridized carbons (Fsp3) is 0.200. The van der Waals surface area contributed by atoms with Crippen LogP contribution in [0.4, 0.5) is 11.4 Å². The predicted octanol–water partition coefficient (Wildman–Crippen LogP) is 3.75. The monoisotopic (exact) mass is 700 g/mol. The number of carbonyl (C=O) groups excluding carboxylic acids is 3. The average molecular weight is 701 g/mol. The Bertz CT molecular complexity index is 2050. The van der Waals surface area contributed by atoms with Gasteiger partial charge < -0.3 is 15.2 Å². The molecule has 3 atom stereocenters. The number of ether oxygens (including phenoxy) is 1. The quantitative estimate of drug-likeness (QED) is 0.231. The number of phenols is 1. The molecular weight excluding hydrogens is 676 g/mol. The van der Waals surface area contributed by atoms with E-state index in [1.807, 2.05) is 0 Å². The number of hydrogen-bond acceptors (Lipinski definition) is 10. The Hall–Kier alpha value is -4.15. The molecule has 238 valence electrons. The van der Waals surface area contributed by atoms with Crippen LogP contribution < -0.4 is 25.0 Å². The number of rotatable bonds is 8. The zero-order chi connectivity index (χ0) is 32.9. The van der Waals surface area contributed by atoms with Crippen molar-refractivity contribution in [1.29, 1.82) is 0 Å². The third-order valence-corrected chi connectivity index (χ3v) is 11.3. The van der Waals surface area contributed by atoms with Crippen molar-refractivity contribution < 1.29 is 32.6 Å². The molecule has 0 saturated carbocycles. The zero-order valence-electron chi connectivity index (χ0n) is 23.9. The molecule has 2 aliphatic heterocycles. The lowest BCUT2D eigenvalue weighted by Crippen LogP contribution is -2.33. The molecule has 0 aliphatic carbocycles. The molecule has 12 nitrogen and oxygen atoms in total. The summed E-state index contributed by atoms with van der Waals surface area (Å²) in [6, 6.07) is 16.2. The minimum atomic E-state index is -3.92. The molecule has 0 bridgehead atoms. The molecule has 46 heavy (non-hydrogen) atoms. The van der Waals surface area contributed by atoms with E-state index < -0.39 is 56.2 Å². The first kappa shape index (κ1) is 31.8. The molecule has 3 heterocycles. The number of sulfonamides is 1. The van der Waals surface area contributed by atoms with Crippen LogP contribution in [0.3, 0.4) is 0 Å². The Morgan fingerprint density at radius 2 is 1.74 bits per heavy atom. The number of amides is 3. The Morgan fingerprint density at radius 3 is 2.39 bits per heavy atom. The predicted molar refractivity (Wildman–Crippen MR) is 173 cm³/mol. The highest BCUT2D eigenvalue weighted by Crippen LogP contribution is 2.54. The minimum Gasteiger partial charge on any atom is -0.504 e. The van der Waals surface area contributed by atoms with Crippen LogP contribution in [0.15, 0.2) is 81.4 Å². The van der Waals surface area contributed by atoms with E-state index in [1.165, 1.54) is 34.9 Å². The van der Waals surface area contributed by atoms with E-state index in [0.717, 1.165) is 28.0 Å². The van der Waals surface area contributed by atoms with Crippen LogP contribution in [-0.4, -0.2) is 47.7 Å². The Morgan fingerprint density at radius 1 is 1.04 bits per heavy atom. The number of aromatic nitrogens is 1. The topological polar surface area (TPSA) is 178 Å². The maximum Gasteiger partial charge on any atom is 0.308 e. The van der Waals surface area contributed by atoms with Gasteiger partial charge in [0.2, 0.25) is 27.7 Å². The first-order chi connectivity index (χ1) is 21.9. The van der Waals surface area contributed by atoms with Crippen molar-refractivity contribution in [2.75, 3.05) is 16.8 Å². The van der Waals surface area contributed by atoms with E-state index in [9.17, 15) is 32.7 Å². The van der Waals surface area contributed by atoms with Gasteiger partial charge in [0, 0.05) is 21.5 Å². The van der Waals surface area contributed by atoms with Crippen LogP contribution in [0.2, 0.25) is 5.02 Å². The van der Waals surface area contributed by atoms with Crippen molar-refractivity contribution in [3.8, 4) is 11.5 Å². The van der Waals surface area contributed by atoms with Crippen LogP contribution in [-0.2, 0) is 31.0 Å². The largest absolute Gasteiger partial charge is 0.504 e. The maximum absolute atomic E-state index is 14.1. The minimum absolute atomic E-state index is 0.108. The summed E-state index contributed by atoms with van der Waals surface area (Å²) >= 11 is 7.97. The fourth-order valence-electron chi connectivity index (χ4n) is 5.53. The van der Waals surface area contributed by atoms with Crippen molar-refractivity contribution in [3.63, 3.8) is 0 Å². The number of carbonyl (C=O) groups is 3. The maximum atomic E-state index is 14.1. The summed E-state index contributed by atoms with van der Waals surface area (Å²) in [4.78, 5) is 55.5. The molecule has 6 rings (SSSR count). The van der Waals surface area contributed by atoms with Crippen LogP contribution in [0.1, 0.15) is 23.3 Å². The highest BCUT2D eigenvalue weighted by molar-refractivity contribution is 8.00. The summed E-state index contributed by atoms with van der Waals surface area (Å²) in [5.41, 5.74) is 1.18. The Kier molecular flexibility index (Phi) is 8.45. The van der Waals surface area contributed by atoms with Crippen molar-refractivity contribution in [3.05, 3.63) is 91.9 Å². The summed E-state index contributed by atoms with van der Waals surface area (Å²) in [7, 11) is -3.92. The standard InChI is InChI=1S/C30H25ClN4O8S3/c1-2-43-21-13-15(3-12-20(21)36)23-24-25(28(39)35(27(24)38)18-8-4-16(31)5-9-18)44-29-26(23)45-30(40)34(29)14-22(37)33-17-6-10-19(11-7-17)46(32,41)42/h3-13,23-25,36H,2,14H2,1H3,(H,33,37)(H2,32,41,42). The highest BCUT2D eigenvalue weighted by atomic mass is 35.5. The number of halogens is 1. The molecule has 16 heteroatoms. The zero-order valence-corrected chi connectivity index (χ0v) is 27.1. The number of phenolic OH excluding ortho intramolecular Hbond substituents is 1. The number of thioether (sulfide) groups is 1. The van der Waals surface area contributed by atoms with E-state index >= 15 is 0 Å². The Labute approximate surface area is 275 Å². The second-order valence-corrected chi connectivity index (χ2v) is 14.6. The van der Waals surface area contributed by atoms with Crippen LogP contribution in [0.5, 0.6) is 11.5 Å². The van der Waals surface area contributed by atoms with Crippen molar-refractivity contribution >= 4 is 73.8 Å². The van der Waals surface area contributed by atoms with Gasteiger partial charge in [0.05, 0.1) is 28.1 Å². The van der Waals surface area contributed by atoms with Crippen LogP contribution >= 0.6 is 34.7 Å². The number of nitrogens with zero attached hydrogens (tertiary/aromatic N) is 2. The smallest absolute Gasteiger partial charge is 0.308 e. The van der Waals surface area contributed by atoms with Gasteiger partial charge in [-0.05, 0) is 73.2 Å². The third-order valence-electron chi connectivity index (χ3n) is 7.55. The molecule has 1 fully saturated rings. The molecular formula is C30H25ClN4O8S3. The molecule has 3 aromatic carbocycles. The second-order valence-electron chi connectivity index (χ2n) is 10.4. The summed E-state index contributed by atoms with van der Waals surface area (Å²) < 4.78 is 30.0. The number of primary sulfonamides is 1. The molecule has 2 aliphatic rings. The van der Waals surface area contributed by atoms with E-state index in [2.05, 4.69) is 5.32 Å². The molecule has 4 N–H and O–H groups in total. The van der Waals surface area contributed by atoms with E-state index in [-0.39, 0.29) is 28.7 Å². The molecule has 1 aromatic heterocycles. The van der Waals surface area contributed by atoms with Crippen LogP contribution in [0.25, 0.3) is 0 Å². The molecule has 3 amide bonds. The van der Waals surface area contributed by atoms with Gasteiger partial charge in [-0.25, -0.2) is 18.5 Å². The van der Waals surface area contributed by atoms with Gasteiger partial charge in [-0.3, -0.25) is 23.7 Å². The third kappa shape index (κ3) is 5.80. The molecule has 0 spiro atoms. The second kappa shape index (κ2) is 12.2. The number of anilines is 2. The normalized spacial score (nSPS) is 19.1. The molecule has 3 unspecified atom stereocenters. The van der Waals surface area contributed by atoms with Gasteiger partial charge in [-0.1, -0.05) is 40.8 Å². The Balaban J connectivity index is 1.39. The lowest BCUT2D eigenvalue weighted by Gasteiger charge is -2.31. The average Bonchev–Trinajstić information content (AvgIpc) is 3.45. The lowest BCUT2D eigenvalue weighted by atomic mass is 9.83. The molecule has 1 saturated heterocycles. The number of aromatic hydroxyl groups is 1. The highest BCUT2D eigenvalue weighted by Gasteiger charge is 2.57. The summed E-state index contributed by atoms with van der Waals surface area (Å²) in [6.45, 7) is 1.60. The van der Waals surface area contributed by atoms with Gasteiger partial charge in [-0.15, -0.1) is 0 Å². The van der Waals surface area contributed by atoms with Gasteiger partial charge in [0.15, 0.2) is 11.5 Å². The van der Waals surface area contributed by atoms with Crippen molar-refractivity contribution in [2.45, 2.75) is 34.6 Å². The number of nitrogens with two attached hydrogens (primary N) is 1. The van der Waals surface area contributed by atoms with Crippen molar-refractivity contribution in [1.82, 2.24) is 4.57 Å². The first-order valence-electron chi connectivity index (χ1n) is 13.8. The van der Waals surface area contributed by atoms with E-state index in [1.54, 1.807) is 43.3 Å². The van der Waals surface area contributed by atoms with E-state index in [0.29, 0.717) is 26.2 Å². The summed E-state index contributed by atoms with van der Waals surface area (Å²) in [6.07, 6.45) is 0. The van der Waals surface area contributed by atoms with Gasteiger partial charge in [0.1, 0.15) is 11.8 Å². The first-order valence-corrected chi connectivity index (χ1v) is 17.4. The van der Waals surface area contributed by atoms with Gasteiger partial charge >= 0.3 is 4.87 Å². The molecule has 0 radical (unpaired) electrons. The molecule has 4 aromatic rings. The number of nitrogens with one attached hydrogen (secondary N) is 1. The van der Waals surface area contributed by atoms with Gasteiger partial charge in [-0.2, -0.15) is 0 Å². The SMILES string of the molecule is CCOc1cc(C2c3sc(=O)n(CC(=O)Nc4ccc(S(N)(=O)=O)cc4)c3SC3C(=O)N(c4ccc(Cl)cc4)C(=O)C32)ccc1O. The number of hydrogen-bond donors (Lipinski definition) is 3. The van der Waals surface area contributed by atoms with E-state index in [4.69, 9.17) is 21.5 Å². The van der Waals surface area contributed by atoms with Crippen molar-refractivity contribution in [2.24, 2.45) is 11.1 Å². The number of benzene rings is 3. The fourth-order valence-corrected chi connectivity index (χ4v) is 8.94. The van der Waals surface area contributed by atoms with Crippen LogP contribution in [0, 0.1) is 5.92 Å². The number of thiazole rings is 1. The van der Waals surface area contributed by atoms with Gasteiger partial charge in [0.25, 0.3) is 0 Å². The number of imide groups is 1. The summed E-state index contributed by atoms with van der Waals surface area (Å²) in [5.74, 6) is -3.12.